The number of halogens is 1. The van der Waals surface area contributed by atoms with Crippen molar-refractivity contribution in [3.8, 4) is 5.75 Å². The van der Waals surface area contributed by atoms with E-state index in [4.69, 9.17) is 9.47 Å². The van der Waals surface area contributed by atoms with E-state index in [-0.39, 0.29) is 25.6 Å². The normalized spacial score (nSPS) is 15.5. The van der Waals surface area contributed by atoms with E-state index < -0.39 is 17.9 Å². The number of aliphatic hydroxyl groups excluding tert-OH is 1. The SMILES string of the molecule is CCOC(=O)C(O)c1c(F)ccc2c1COCO2. The molecule has 1 atom stereocenters. The van der Waals surface area contributed by atoms with Crippen molar-refractivity contribution in [2.24, 2.45) is 0 Å². The van der Waals surface area contributed by atoms with Gasteiger partial charge in [0.05, 0.1) is 13.2 Å². The monoisotopic (exact) mass is 256 g/mol. The van der Waals surface area contributed by atoms with E-state index in [1.54, 1.807) is 6.92 Å². The smallest absolute Gasteiger partial charge is 0.339 e. The lowest BCUT2D eigenvalue weighted by Crippen LogP contribution is -2.21. The number of benzene rings is 1. The summed E-state index contributed by atoms with van der Waals surface area (Å²) in [5.41, 5.74) is 0.187. The van der Waals surface area contributed by atoms with Crippen molar-refractivity contribution < 1.29 is 28.5 Å². The molecule has 1 unspecified atom stereocenters. The highest BCUT2D eigenvalue weighted by atomic mass is 19.1. The molecule has 6 heteroatoms. The Kier molecular flexibility index (Phi) is 3.78. The largest absolute Gasteiger partial charge is 0.467 e. The van der Waals surface area contributed by atoms with Gasteiger partial charge in [-0.2, -0.15) is 0 Å². The molecule has 5 nitrogen and oxygen atoms in total. The Morgan fingerprint density at radius 1 is 1.61 bits per heavy atom. The third-order valence-electron chi connectivity index (χ3n) is 2.59. The first-order valence-corrected chi connectivity index (χ1v) is 5.51. The molecule has 1 aromatic rings. The van der Waals surface area contributed by atoms with Crippen molar-refractivity contribution in [1.29, 1.82) is 0 Å². The fourth-order valence-corrected chi connectivity index (χ4v) is 1.78. The molecule has 0 bridgehead atoms. The van der Waals surface area contributed by atoms with Gasteiger partial charge in [-0.25, -0.2) is 9.18 Å². The van der Waals surface area contributed by atoms with Crippen LogP contribution >= 0.6 is 0 Å². The van der Waals surface area contributed by atoms with Crippen LogP contribution in [0.4, 0.5) is 4.39 Å². The maximum Gasteiger partial charge on any atom is 0.339 e. The lowest BCUT2D eigenvalue weighted by molar-refractivity contribution is -0.153. The Bertz CT molecular complexity index is 460. The van der Waals surface area contributed by atoms with Crippen LogP contribution in [0.15, 0.2) is 12.1 Å². The van der Waals surface area contributed by atoms with E-state index in [9.17, 15) is 14.3 Å². The maximum atomic E-state index is 13.7. The van der Waals surface area contributed by atoms with Crippen LogP contribution in [-0.2, 0) is 20.9 Å². The van der Waals surface area contributed by atoms with E-state index in [0.29, 0.717) is 11.3 Å². The van der Waals surface area contributed by atoms with E-state index in [0.717, 1.165) is 6.07 Å². The van der Waals surface area contributed by atoms with Gasteiger partial charge in [0.15, 0.2) is 12.9 Å². The second-order valence-electron chi connectivity index (χ2n) is 3.70. The number of carbonyl (C=O) groups excluding carboxylic acids is 1. The minimum atomic E-state index is -1.68. The average Bonchev–Trinajstić information content (AvgIpc) is 2.38. The van der Waals surface area contributed by atoms with Gasteiger partial charge in [0.1, 0.15) is 11.6 Å². The zero-order valence-corrected chi connectivity index (χ0v) is 9.81. The summed E-state index contributed by atoms with van der Waals surface area (Å²) in [5, 5.41) is 9.83. The van der Waals surface area contributed by atoms with Crippen molar-refractivity contribution in [2.45, 2.75) is 19.6 Å². The van der Waals surface area contributed by atoms with E-state index in [2.05, 4.69) is 4.74 Å². The molecule has 0 saturated heterocycles. The molecule has 0 saturated carbocycles. The van der Waals surface area contributed by atoms with Gasteiger partial charge in [-0.05, 0) is 19.1 Å². The van der Waals surface area contributed by atoms with Gasteiger partial charge in [0.25, 0.3) is 0 Å². The molecule has 1 heterocycles. The Labute approximate surface area is 103 Å². The van der Waals surface area contributed by atoms with E-state index in [1.807, 2.05) is 0 Å². The van der Waals surface area contributed by atoms with Gasteiger partial charge in [-0.1, -0.05) is 0 Å². The van der Waals surface area contributed by atoms with Crippen LogP contribution in [0.1, 0.15) is 24.2 Å². The third-order valence-corrected chi connectivity index (χ3v) is 2.59. The Morgan fingerprint density at radius 3 is 3.11 bits per heavy atom. The van der Waals surface area contributed by atoms with Gasteiger partial charge < -0.3 is 19.3 Å². The molecule has 0 amide bonds. The molecular formula is C12H13FO5. The van der Waals surface area contributed by atoms with Crippen LogP contribution in [0.3, 0.4) is 0 Å². The van der Waals surface area contributed by atoms with Crippen molar-refractivity contribution in [3.05, 3.63) is 29.1 Å². The molecule has 98 valence electrons. The lowest BCUT2D eigenvalue weighted by atomic mass is 10.0. The average molecular weight is 256 g/mol. The standard InChI is InChI=1S/C12H13FO5/c1-2-17-12(15)11(14)10-7-5-16-6-18-9(7)4-3-8(10)13/h3-4,11,14H,2,5-6H2,1H3. The number of esters is 1. The predicted molar refractivity (Wildman–Crippen MR) is 58.3 cm³/mol. The molecule has 0 radical (unpaired) electrons. The molecule has 0 aromatic heterocycles. The van der Waals surface area contributed by atoms with Gasteiger partial charge in [0, 0.05) is 11.1 Å². The minimum absolute atomic E-state index is 0.0631. The third kappa shape index (κ3) is 2.30. The van der Waals surface area contributed by atoms with Gasteiger partial charge in [-0.3, -0.25) is 0 Å². The summed E-state index contributed by atoms with van der Waals surface area (Å²) >= 11 is 0. The highest BCUT2D eigenvalue weighted by Crippen LogP contribution is 2.33. The fourth-order valence-electron chi connectivity index (χ4n) is 1.78. The summed E-state index contributed by atoms with van der Waals surface area (Å²) in [6, 6.07) is 2.58. The molecule has 1 aromatic carbocycles. The van der Waals surface area contributed by atoms with Gasteiger partial charge in [0.2, 0.25) is 0 Å². The molecule has 18 heavy (non-hydrogen) atoms. The highest BCUT2D eigenvalue weighted by Gasteiger charge is 2.28. The number of hydrogen-bond donors (Lipinski definition) is 1. The molecule has 1 aliphatic rings. The van der Waals surface area contributed by atoms with Crippen LogP contribution in [0.2, 0.25) is 0 Å². The molecule has 0 fully saturated rings. The van der Waals surface area contributed by atoms with Crippen molar-refractivity contribution in [3.63, 3.8) is 0 Å². The minimum Gasteiger partial charge on any atom is -0.467 e. The number of ether oxygens (including phenoxy) is 3. The summed E-state index contributed by atoms with van der Waals surface area (Å²) < 4.78 is 28.6. The van der Waals surface area contributed by atoms with Crippen LogP contribution < -0.4 is 4.74 Å². The Morgan fingerprint density at radius 2 is 2.39 bits per heavy atom. The van der Waals surface area contributed by atoms with E-state index >= 15 is 0 Å². The quantitative estimate of drug-likeness (QED) is 0.825. The molecule has 1 aliphatic heterocycles. The first-order valence-electron chi connectivity index (χ1n) is 5.51. The number of rotatable bonds is 3. The Balaban J connectivity index is 2.39. The second-order valence-corrected chi connectivity index (χ2v) is 3.70. The summed E-state index contributed by atoms with van der Waals surface area (Å²) in [4.78, 5) is 11.5. The number of aliphatic hydroxyl groups is 1. The summed E-state index contributed by atoms with van der Waals surface area (Å²) in [6.07, 6.45) is -1.68. The van der Waals surface area contributed by atoms with Crippen molar-refractivity contribution in [2.75, 3.05) is 13.4 Å². The van der Waals surface area contributed by atoms with Crippen molar-refractivity contribution in [1.82, 2.24) is 0 Å². The number of hydrogen-bond acceptors (Lipinski definition) is 5. The molecule has 0 aliphatic carbocycles. The number of carbonyl (C=O) groups is 1. The summed E-state index contributed by atoms with van der Waals surface area (Å²) in [5.74, 6) is -1.18. The number of fused-ring (bicyclic) bond motifs is 1. The molecular weight excluding hydrogens is 243 g/mol. The van der Waals surface area contributed by atoms with Crippen LogP contribution in [0.5, 0.6) is 5.75 Å². The fraction of sp³-hybridized carbons (Fsp3) is 0.417. The van der Waals surface area contributed by atoms with Crippen LogP contribution in [0.25, 0.3) is 0 Å². The second kappa shape index (κ2) is 5.32. The molecule has 0 spiro atoms. The van der Waals surface area contributed by atoms with Crippen LogP contribution in [0, 0.1) is 5.82 Å². The first-order chi connectivity index (χ1) is 8.65. The summed E-state index contributed by atoms with van der Waals surface area (Å²) in [7, 11) is 0. The highest BCUT2D eigenvalue weighted by molar-refractivity contribution is 5.77. The topological polar surface area (TPSA) is 65.0 Å². The lowest BCUT2D eigenvalue weighted by Gasteiger charge is -2.22. The van der Waals surface area contributed by atoms with Gasteiger partial charge in [-0.15, -0.1) is 0 Å². The van der Waals surface area contributed by atoms with E-state index in [1.165, 1.54) is 6.07 Å². The Hall–Kier alpha value is -1.66. The summed E-state index contributed by atoms with van der Waals surface area (Å²) in [6.45, 7) is 1.86. The molecule has 2 rings (SSSR count). The molecule has 1 N–H and O–H groups in total. The van der Waals surface area contributed by atoms with Crippen LogP contribution in [-0.4, -0.2) is 24.5 Å². The maximum absolute atomic E-state index is 13.7. The van der Waals surface area contributed by atoms with Gasteiger partial charge >= 0.3 is 5.97 Å². The first kappa shape index (κ1) is 12.8. The predicted octanol–water partition coefficient (Wildman–Crippen LogP) is 1.29. The zero-order valence-electron chi connectivity index (χ0n) is 9.81. The van der Waals surface area contributed by atoms with Crippen molar-refractivity contribution >= 4 is 5.97 Å². The zero-order chi connectivity index (χ0) is 13.1.